The fourth-order valence-electron chi connectivity index (χ4n) is 5.91. The number of esters is 2. The molecule has 7 heteroatoms. The second-order valence-corrected chi connectivity index (χ2v) is 10.6. The first-order valence-corrected chi connectivity index (χ1v) is 13.3. The third kappa shape index (κ3) is 4.56. The molecule has 39 heavy (non-hydrogen) atoms. The zero-order chi connectivity index (χ0) is 27.9. The molecule has 0 spiro atoms. The maximum Gasteiger partial charge on any atom is 0.315 e. The number of rotatable bonds is 6. The molecule has 1 aliphatic heterocycles. The lowest BCUT2D eigenvalue weighted by molar-refractivity contribution is -0.148. The van der Waals surface area contributed by atoms with Gasteiger partial charge in [0.05, 0.1) is 13.7 Å². The van der Waals surface area contributed by atoms with Crippen LogP contribution in [0.25, 0.3) is 10.8 Å². The number of carbonyl (C=O) groups excluding carboxylic acids is 3. The second-order valence-electron chi connectivity index (χ2n) is 10.6. The summed E-state index contributed by atoms with van der Waals surface area (Å²) in [5.74, 6) is -1.14. The SMILES string of the molecule is CCOc1cc([C@H]2C3=C(Nc4ccc5ccccc5c42)[C@@H](C(=O)OC)C(C)(C)CC3=O)ccc1OC(=O)CC. The Morgan fingerprint density at radius 2 is 1.79 bits per heavy atom. The number of hydrogen-bond acceptors (Lipinski definition) is 7. The Morgan fingerprint density at radius 3 is 2.51 bits per heavy atom. The molecule has 0 aromatic heterocycles. The van der Waals surface area contributed by atoms with Crippen molar-refractivity contribution in [1.82, 2.24) is 0 Å². The van der Waals surface area contributed by atoms with Crippen molar-refractivity contribution in [3.63, 3.8) is 0 Å². The molecule has 0 amide bonds. The van der Waals surface area contributed by atoms with Crippen LogP contribution >= 0.6 is 0 Å². The van der Waals surface area contributed by atoms with Gasteiger partial charge in [0, 0.05) is 35.7 Å². The molecule has 2 aliphatic rings. The largest absolute Gasteiger partial charge is 0.490 e. The van der Waals surface area contributed by atoms with Crippen molar-refractivity contribution in [2.75, 3.05) is 19.0 Å². The third-order valence-electron chi connectivity index (χ3n) is 7.64. The molecule has 0 radical (unpaired) electrons. The minimum atomic E-state index is -0.645. The molecule has 0 unspecified atom stereocenters. The summed E-state index contributed by atoms with van der Waals surface area (Å²) in [6.45, 7) is 7.81. The van der Waals surface area contributed by atoms with Crippen molar-refractivity contribution in [2.45, 2.75) is 46.5 Å². The number of allylic oxidation sites excluding steroid dienone is 1. The summed E-state index contributed by atoms with van der Waals surface area (Å²) in [6.07, 6.45) is 0.435. The van der Waals surface area contributed by atoms with Crippen molar-refractivity contribution >= 4 is 34.2 Å². The number of hydrogen-bond donors (Lipinski definition) is 1. The Kier molecular flexibility index (Phi) is 6.93. The molecule has 2 atom stereocenters. The molecule has 0 bridgehead atoms. The lowest BCUT2D eigenvalue weighted by atomic mass is 9.63. The molecule has 3 aromatic carbocycles. The van der Waals surface area contributed by atoms with E-state index in [1.54, 1.807) is 13.0 Å². The number of anilines is 1. The number of carbonyl (C=O) groups is 3. The minimum Gasteiger partial charge on any atom is -0.490 e. The number of fused-ring (bicyclic) bond motifs is 3. The lowest BCUT2D eigenvalue weighted by Crippen LogP contribution is -2.44. The van der Waals surface area contributed by atoms with Gasteiger partial charge in [-0.25, -0.2) is 0 Å². The van der Waals surface area contributed by atoms with Crippen LogP contribution in [0.3, 0.4) is 0 Å². The predicted molar refractivity (Wildman–Crippen MR) is 149 cm³/mol. The molecule has 1 N–H and O–H groups in total. The van der Waals surface area contributed by atoms with Gasteiger partial charge < -0.3 is 19.5 Å². The summed E-state index contributed by atoms with van der Waals surface area (Å²) in [5.41, 5.74) is 3.08. The fourth-order valence-corrected chi connectivity index (χ4v) is 5.91. The molecule has 1 heterocycles. The van der Waals surface area contributed by atoms with Crippen LogP contribution in [0.4, 0.5) is 5.69 Å². The highest BCUT2D eigenvalue weighted by Crippen LogP contribution is 2.54. The van der Waals surface area contributed by atoms with E-state index in [-0.39, 0.29) is 30.6 Å². The summed E-state index contributed by atoms with van der Waals surface area (Å²) >= 11 is 0. The third-order valence-corrected chi connectivity index (χ3v) is 7.64. The first kappa shape index (κ1) is 26.5. The number of benzene rings is 3. The van der Waals surface area contributed by atoms with E-state index in [9.17, 15) is 14.4 Å². The predicted octanol–water partition coefficient (Wildman–Crippen LogP) is 6.15. The molecule has 0 saturated heterocycles. The van der Waals surface area contributed by atoms with Crippen molar-refractivity contribution in [2.24, 2.45) is 11.3 Å². The normalized spacial score (nSPS) is 19.6. The average molecular weight is 528 g/mol. The van der Waals surface area contributed by atoms with Gasteiger partial charge in [-0.2, -0.15) is 0 Å². The van der Waals surface area contributed by atoms with E-state index in [2.05, 4.69) is 5.32 Å². The number of Topliss-reactive ketones (excluding diaryl/α,β-unsaturated/α-hetero) is 1. The number of methoxy groups -OCH3 is 1. The van der Waals surface area contributed by atoms with Crippen molar-refractivity contribution < 1.29 is 28.6 Å². The number of ketones is 1. The molecular weight excluding hydrogens is 494 g/mol. The van der Waals surface area contributed by atoms with Gasteiger partial charge in [0.25, 0.3) is 0 Å². The quantitative estimate of drug-likeness (QED) is 0.304. The summed E-state index contributed by atoms with van der Waals surface area (Å²) in [6, 6.07) is 17.5. The Morgan fingerprint density at radius 1 is 1.03 bits per heavy atom. The van der Waals surface area contributed by atoms with Crippen LogP contribution in [0.1, 0.15) is 57.6 Å². The molecule has 0 saturated carbocycles. The van der Waals surface area contributed by atoms with Crippen LogP contribution < -0.4 is 14.8 Å². The van der Waals surface area contributed by atoms with Gasteiger partial charge in [-0.15, -0.1) is 0 Å². The lowest BCUT2D eigenvalue weighted by Gasteiger charge is -2.44. The van der Waals surface area contributed by atoms with Gasteiger partial charge in [-0.1, -0.05) is 57.2 Å². The Hall–Kier alpha value is -4.13. The van der Waals surface area contributed by atoms with Gasteiger partial charge in [0.15, 0.2) is 17.3 Å². The van der Waals surface area contributed by atoms with Crippen LogP contribution in [0, 0.1) is 11.3 Å². The summed E-state index contributed by atoms with van der Waals surface area (Å²) in [7, 11) is 1.38. The van der Waals surface area contributed by atoms with Crippen molar-refractivity contribution in [3.05, 3.63) is 77.0 Å². The smallest absolute Gasteiger partial charge is 0.315 e. The molecule has 3 aromatic rings. The van der Waals surface area contributed by atoms with Crippen LogP contribution in [0.15, 0.2) is 65.9 Å². The van der Waals surface area contributed by atoms with Crippen LogP contribution in [0.2, 0.25) is 0 Å². The van der Waals surface area contributed by atoms with E-state index >= 15 is 0 Å². The standard InChI is InChI=1S/C32H33NO6/c1-6-25(35)39-23-15-13-19(16-24(23)38-7-2)26-27-20-11-9-8-10-18(20)12-14-21(27)33-30-28(26)22(34)17-32(3,4)29(30)31(36)37-5/h8-16,26,29,33H,6-7,17H2,1-5H3/t26-,29+/m1/s1. The van der Waals surface area contributed by atoms with E-state index in [1.165, 1.54) is 7.11 Å². The first-order valence-electron chi connectivity index (χ1n) is 13.3. The average Bonchev–Trinajstić information content (AvgIpc) is 2.92. The van der Waals surface area contributed by atoms with Gasteiger partial charge in [-0.05, 0) is 52.4 Å². The monoisotopic (exact) mass is 527 g/mol. The van der Waals surface area contributed by atoms with Crippen LogP contribution in [-0.4, -0.2) is 31.4 Å². The maximum absolute atomic E-state index is 13.9. The Balaban J connectivity index is 1.79. The van der Waals surface area contributed by atoms with Crippen LogP contribution in [-0.2, 0) is 19.1 Å². The molecule has 5 rings (SSSR count). The highest BCUT2D eigenvalue weighted by Gasteiger charge is 2.50. The fraction of sp³-hybridized carbons (Fsp3) is 0.344. The van der Waals surface area contributed by atoms with E-state index in [4.69, 9.17) is 14.2 Å². The zero-order valence-corrected chi connectivity index (χ0v) is 22.9. The van der Waals surface area contributed by atoms with E-state index in [1.807, 2.05) is 69.3 Å². The molecule has 202 valence electrons. The highest BCUT2D eigenvalue weighted by atomic mass is 16.6. The van der Waals surface area contributed by atoms with E-state index in [0.29, 0.717) is 29.4 Å². The highest BCUT2D eigenvalue weighted by molar-refractivity contribution is 6.06. The topological polar surface area (TPSA) is 90.9 Å². The minimum absolute atomic E-state index is 0.0225. The van der Waals surface area contributed by atoms with Gasteiger partial charge >= 0.3 is 11.9 Å². The molecule has 1 aliphatic carbocycles. The second kappa shape index (κ2) is 10.2. The van der Waals surface area contributed by atoms with Gasteiger partial charge in [0.1, 0.15) is 5.92 Å². The zero-order valence-electron chi connectivity index (χ0n) is 22.9. The molecule has 0 fully saturated rings. The number of ether oxygens (including phenoxy) is 3. The Labute approximate surface area is 228 Å². The summed E-state index contributed by atoms with van der Waals surface area (Å²) < 4.78 is 16.7. The summed E-state index contributed by atoms with van der Waals surface area (Å²) in [5, 5.41) is 5.53. The maximum atomic E-state index is 13.9. The number of nitrogens with one attached hydrogen (secondary N) is 1. The van der Waals surface area contributed by atoms with Gasteiger partial charge in [-0.3, -0.25) is 14.4 Å². The molecule has 7 nitrogen and oxygen atoms in total. The van der Waals surface area contributed by atoms with Crippen LogP contribution in [0.5, 0.6) is 11.5 Å². The van der Waals surface area contributed by atoms with Crippen molar-refractivity contribution in [1.29, 1.82) is 0 Å². The van der Waals surface area contributed by atoms with E-state index < -0.39 is 17.3 Å². The van der Waals surface area contributed by atoms with Gasteiger partial charge in [0.2, 0.25) is 0 Å². The molecular formula is C32H33NO6. The first-order chi connectivity index (χ1) is 18.7. The van der Waals surface area contributed by atoms with E-state index in [0.717, 1.165) is 27.6 Å². The van der Waals surface area contributed by atoms with Crippen molar-refractivity contribution in [3.8, 4) is 11.5 Å². The summed E-state index contributed by atoms with van der Waals surface area (Å²) in [4.78, 5) is 39.2. The Bertz CT molecular complexity index is 1520.